The minimum Gasteiger partial charge on any atom is -0.383 e. The molecule has 1 fully saturated rings. The average Bonchev–Trinajstić information content (AvgIpc) is 3.08. The molecule has 0 amide bonds. The van der Waals surface area contributed by atoms with E-state index in [1.54, 1.807) is 11.3 Å². The summed E-state index contributed by atoms with van der Waals surface area (Å²) in [6, 6.07) is 3.92. The summed E-state index contributed by atoms with van der Waals surface area (Å²) in [6.45, 7) is 11.7. The summed E-state index contributed by atoms with van der Waals surface area (Å²) in [5.41, 5.74) is -0.918. The van der Waals surface area contributed by atoms with Crippen LogP contribution in [0.4, 0.5) is 0 Å². The molecule has 0 aliphatic carbocycles. The van der Waals surface area contributed by atoms with Gasteiger partial charge in [-0.3, -0.25) is 0 Å². The first kappa shape index (κ1) is 22.7. The maximum absolute atomic E-state index is 10.6. The summed E-state index contributed by atoms with van der Waals surface area (Å²) in [5, 5.41) is 19.2. The number of nitrogens with zero attached hydrogens (tertiary/aromatic N) is 2. The smallest absolute Gasteiger partial charge is 0.191 e. The fraction of sp³-hybridized carbons (Fsp3) is 0.722. The number of guanidine groups is 1. The molecule has 0 radical (unpaired) electrons. The van der Waals surface area contributed by atoms with Gasteiger partial charge in [0, 0.05) is 31.1 Å². The van der Waals surface area contributed by atoms with Gasteiger partial charge in [0.2, 0.25) is 0 Å². The van der Waals surface area contributed by atoms with Gasteiger partial charge in [-0.05, 0) is 50.6 Å². The zero-order chi connectivity index (χ0) is 17.4. The monoisotopic (exact) mass is 480 g/mol. The molecule has 0 aromatic carbocycles. The second-order valence-electron chi connectivity index (χ2n) is 6.92. The normalized spacial score (nSPS) is 21.3. The van der Waals surface area contributed by atoms with Crippen LogP contribution in [0.15, 0.2) is 22.5 Å². The first-order chi connectivity index (χ1) is 11.5. The van der Waals surface area contributed by atoms with Gasteiger partial charge < -0.3 is 20.6 Å². The van der Waals surface area contributed by atoms with Crippen LogP contribution in [0.5, 0.6) is 0 Å². The Balaban J connectivity index is 0.00000312. The second kappa shape index (κ2) is 11.4. The lowest BCUT2D eigenvalue weighted by Crippen LogP contribution is -2.44. The molecule has 0 saturated carbocycles. The lowest BCUT2D eigenvalue weighted by atomic mass is 10.0. The number of hydrogen-bond acceptors (Lipinski definition) is 4. The number of nitrogens with one attached hydrogen (secondary N) is 2. The molecule has 0 bridgehead atoms. The molecule has 2 unspecified atom stereocenters. The molecule has 1 aliphatic heterocycles. The van der Waals surface area contributed by atoms with Gasteiger partial charge in [0.1, 0.15) is 5.60 Å². The lowest BCUT2D eigenvalue weighted by molar-refractivity contribution is 0.0711. The van der Waals surface area contributed by atoms with E-state index in [4.69, 9.17) is 0 Å². The van der Waals surface area contributed by atoms with Crippen LogP contribution < -0.4 is 10.6 Å². The number of likely N-dealkylation sites (tertiary alicyclic amines) is 1. The molecule has 7 heteroatoms. The van der Waals surface area contributed by atoms with Crippen molar-refractivity contribution in [2.45, 2.75) is 39.2 Å². The van der Waals surface area contributed by atoms with E-state index in [0.717, 1.165) is 36.4 Å². The highest BCUT2D eigenvalue weighted by molar-refractivity contribution is 14.0. The minimum absolute atomic E-state index is 0. The molecule has 2 heterocycles. The number of aliphatic hydroxyl groups is 1. The van der Waals surface area contributed by atoms with Gasteiger partial charge in [0.05, 0.1) is 6.54 Å². The Morgan fingerprint density at radius 1 is 1.48 bits per heavy atom. The van der Waals surface area contributed by atoms with Crippen molar-refractivity contribution in [3.63, 3.8) is 0 Å². The van der Waals surface area contributed by atoms with E-state index in [9.17, 15) is 5.11 Å². The van der Waals surface area contributed by atoms with Crippen molar-refractivity contribution in [3.8, 4) is 0 Å². The van der Waals surface area contributed by atoms with Crippen LogP contribution in [-0.2, 0) is 5.60 Å². The number of halogens is 1. The summed E-state index contributed by atoms with van der Waals surface area (Å²) in [5.74, 6) is 1.58. The third-order valence-corrected chi connectivity index (χ3v) is 5.53. The Bertz CT molecular complexity index is 507. The average molecular weight is 480 g/mol. The number of hydrogen-bond donors (Lipinski definition) is 3. The van der Waals surface area contributed by atoms with Crippen LogP contribution >= 0.6 is 35.3 Å². The highest BCUT2D eigenvalue weighted by Crippen LogP contribution is 2.25. The molecule has 2 atom stereocenters. The predicted octanol–water partition coefficient (Wildman–Crippen LogP) is 2.86. The van der Waals surface area contributed by atoms with Crippen molar-refractivity contribution < 1.29 is 5.11 Å². The molecule has 0 spiro atoms. The quantitative estimate of drug-likeness (QED) is 0.319. The van der Waals surface area contributed by atoms with Gasteiger partial charge in [-0.1, -0.05) is 13.0 Å². The Morgan fingerprint density at radius 2 is 2.28 bits per heavy atom. The Morgan fingerprint density at radius 3 is 2.92 bits per heavy atom. The number of piperidine rings is 1. The largest absolute Gasteiger partial charge is 0.383 e. The lowest BCUT2D eigenvalue weighted by Gasteiger charge is -2.31. The Kier molecular flexibility index (Phi) is 10.3. The van der Waals surface area contributed by atoms with Gasteiger partial charge in [-0.15, -0.1) is 35.3 Å². The first-order valence-electron chi connectivity index (χ1n) is 9.02. The molecule has 1 aliphatic rings. The molecule has 1 saturated heterocycles. The number of thiophene rings is 1. The highest BCUT2D eigenvalue weighted by atomic mass is 127. The van der Waals surface area contributed by atoms with E-state index in [2.05, 4.69) is 34.4 Å². The first-order valence-corrected chi connectivity index (χ1v) is 9.90. The van der Waals surface area contributed by atoms with Crippen molar-refractivity contribution in [2.24, 2.45) is 10.9 Å². The van der Waals surface area contributed by atoms with Crippen LogP contribution in [0, 0.1) is 5.92 Å². The zero-order valence-electron chi connectivity index (χ0n) is 15.6. The van der Waals surface area contributed by atoms with Crippen molar-refractivity contribution in [3.05, 3.63) is 22.4 Å². The summed E-state index contributed by atoms with van der Waals surface area (Å²) in [4.78, 5) is 8.04. The van der Waals surface area contributed by atoms with E-state index in [-0.39, 0.29) is 24.0 Å². The van der Waals surface area contributed by atoms with E-state index >= 15 is 0 Å². The maximum Gasteiger partial charge on any atom is 0.191 e. The van der Waals surface area contributed by atoms with Gasteiger partial charge in [0.15, 0.2) is 5.96 Å². The molecule has 3 N–H and O–H groups in total. The van der Waals surface area contributed by atoms with Gasteiger partial charge in [-0.2, -0.15) is 0 Å². The standard InChI is InChI=1S/C18H32N4OS.HI/c1-4-19-17(20-9-11-22-10-5-7-15(2)13-22)21-14-18(3,23)16-8-6-12-24-16;/h6,8,12,15,23H,4-5,7,9-11,13-14H2,1-3H3,(H2,19,20,21);1H. The summed E-state index contributed by atoms with van der Waals surface area (Å²) in [6.07, 6.45) is 2.66. The fourth-order valence-corrected chi connectivity index (χ4v) is 3.84. The Hall–Kier alpha value is -0.380. The van der Waals surface area contributed by atoms with Crippen LogP contribution in [0.25, 0.3) is 0 Å². The molecule has 1 aromatic heterocycles. The van der Waals surface area contributed by atoms with Gasteiger partial charge in [0.25, 0.3) is 0 Å². The van der Waals surface area contributed by atoms with Crippen molar-refractivity contribution in [1.82, 2.24) is 15.5 Å². The van der Waals surface area contributed by atoms with E-state index in [1.165, 1.54) is 25.9 Å². The third kappa shape index (κ3) is 7.80. The van der Waals surface area contributed by atoms with E-state index in [0.29, 0.717) is 6.54 Å². The molecule has 25 heavy (non-hydrogen) atoms. The fourth-order valence-electron chi connectivity index (χ4n) is 3.06. The third-order valence-electron chi connectivity index (χ3n) is 4.40. The Labute approximate surface area is 173 Å². The van der Waals surface area contributed by atoms with Crippen molar-refractivity contribution in [1.29, 1.82) is 0 Å². The predicted molar refractivity (Wildman–Crippen MR) is 118 cm³/mol. The molecule has 5 nitrogen and oxygen atoms in total. The SMILES string of the molecule is CCNC(=NCC(C)(O)c1cccs1)NCCN1CCCC(C)C1.I. The van der Waals surface area contributed by atoms with E-state index < -0.39 is 5.60 Å². The topological polar surface area (TPSA) is 59.9 Å². The molecule has 2 rings (SSSR count). The maximum atomic E-state index is 10.6. The van der Waals surface area contributed by atoms with Gasteiger partial charge >= 0.3 is 0 Å². The van der Waals surface area contributed by atoms with Gasteiger partial charge in [-0.25, -0.2) is 4.99 Å². The molecular weight excluding hydrogens is 447 g/mol. The molecule has 1 aromatic rings. The highest BCUT2D eigenvalue weighted by Gasteiger charge is 2.24. The van der Waals surface area contributed by atoms with Crippen LogP contribution in [0.3, 0.4) is 0 Å². The number of aliphatic imine (C=N–C) groups is 1. The molecular formula is C18H33IN4OS. The number of rotatable bonds is 7. The van der Waals surface area contributed by atoms with Crippen molar-refractivity contribution >= 4 is 41.3 Å². The van der Waals surface area contributed by atoms with E-state index in [1.807, 2.05) is 24.4 Å². The summed E-state index contributed by atoms with van der Waals surface area (Å²) >= 11 is 1.56. The zero-order valence-corrected chi connectivity index (χ0v) is 18.8. The van der Waals surface area contributed by atoms with Crippen LogP contribution in [0.2, 0.25) is 0 Å². The van der Waals surface area contributed by atoms with Crippen molar-refractivity contribution in [2.75, 3.05) is 39.3 Å². The molecule has 144 valence electrons. The minimum atomic E-state index is -0.918. The van der Waals surface area contributed by atoms with Crippen LogP contribution in [0.1, 0.15) is 38.5 Å². The van der Waals surface area contributed by atoms with Crippen LogP contribution in [-0.4, -0.2) is 55.2 Å². The summed E-state index contributed by atoms with van der Waals surface area (Å²) < 4.78 is 0. The summed E-state index contributed by atoms with van der Waals surface area (Å²) in [7, 11) is 0. The second-order valence-corrected chi connectivity index (χ2v) is 7.87.